The van der Waals surface area contributed by atoms with Gasteiger partial charge in [0, 0.05) is 19.0 Å². The summed E-state index contributed by atoms with van der Waals surface area (Å²) in [5, 5.41) is 14.2. The summed E-state index contributed by atoms with van der Waals surface area (Å²) in [7, 11) is 0. The molecule has 0 atom stereocenters. The third kappa shape index (κ3) is 4.48. The van der Waals surface area contributed by atoms with Crippen molar-refractivity contribution < 1.29 is 27.9 Å². The molecule has 5 aromatic rings. The molecule has 2 aliphatic rings. The Kier molecular flexibility index (Phi) is 6.00. The van der Waals surface area contributed by atoms with Gasteiger partial charge in [0.15, 0.2) is 5.13 Å². The van der Waals surface area contributed by atoms with E-state index in [-0.39, 0.29) is 29.3 Å². The van der Waals surface area contributed by atoms with Crippen LogP contribution in [0.2, 0.25) is 0 Å². The molecule has 0 spiro atoms. The molecule has 7 rings (SSSR count). The van der Waals surface area contributed by atoms with Crippen LogP contribution in [0.15, 0.2) is 59.1 Å². The number of hydrogen-bond donors (Lipinski definition) is 1. The molecule has 2 aromatic heterocycles. The Morgan fingerprint density at radius 3 is 2.70 bits per heavy atom. The van der Waals surface area contributed by atoms with Crippen molar-refractivity contribution in [3.63, 3.8) is 0 Å². The summed E-state index contributed by atoms with van der Waals surface area (Å²) in [4.78, 5) is 18.2. The number of halogens is 2. The average Bonchev–Trinajstić information content (AvgIpc) is 3.57. The normalized spacial score (nSPS) is 14.9. The molecule has 1 saturated carbocycles. The van der Waals surface area contributed by atoms with Crippen molar-refractivity contribution in [2.24, 2.45) is 0 Å². The highest BCUT2D eigenvalue weighted by Gasteiger charge is 2.34. The third-order valence-electron chi connectivity index (χ3n) is 7.43. The van der Waals surface area contributed by atoms with Crippen molar-refractivity contribution in [3.8, 4) is 17.0 Å². The number of aromatic nitrogens is 2. The van der Waals surface area contributed by atoms with E-state index >= 15 is 0 Å². The lowest BCUT2D eigenvalue weighted by Gasteiger charge is -2.28. The number of carboxylic acid groups (broad SMARTS) is 1. The lowest BCUT2D eigenvalue weighted by atomic mass is 10.00. The molecule has 0 radical (unpaired) electrons. The Morgan fingerprint density at radius 2 is 1.93 bits per heavy atom. The Labute approximate surface area is 231 Å². The molecule has 0 unspecified atom stereocenters. The fourth-order valence-corrected chi connectivity index (χ4v) is 6.20. The molecule has 0 saturated heterocycles. The van der Waals surface area contributed by atoms with Crippen LogP contribution in [0.1, 0.15) is 51.6 Å². The maximum atomic E-state index is 14.6. The van der Waals surface area contributed by atoms with Gasteiger partial charge in [0.2, 0.25) is 0 Å². The molecule has 202 valence electrons. The van der Waals surface area contributed by atoms with Crippen LogP contribution in [-0.4, -0.2) is 27.8 Å². The lowest BCUT2D eigenvalue weighted by Crippen LogP contribution is -2.30. The molecule has 1 fully saturated rings. The maximum absolute atomic E-state index is 14.6. The number of nitrogens with zero attached hydrogens (tertiary/aromatic N) is 3. The minimum Gasteiger partial charge on any atom is -0.489 e. The first-order valence-corrected chi connectivity index (χ1v) is 13.8. The molecule has 1 N–H and O–H groups in total. The predicted molar refractivity (Wildman–Crippen MR) is 146 cm³/mol. The second kappa shape index (κ2) is 9.71. The number of benzene rings is 3. The van der Waals surface area contributed by atoms with Gasteiger partial charge in [0.05, 0.1) is 26.9 Å². The van der Waals surface area contributed by atoms with E-state index in [9.17, 15) is 18.7 Å². The lowest BCUT2D eigenvalue weighted by molar-refractivity contribution is 0.0697. The van der Waals surface area contributed by atoms with E-state index in [2.05, 4.69) is 10.1 Å². The fraction of sp³-hybridized carbons (Fsp3) is 0.233. The van der Waals surface area contributed by atoms with Crippen LogP contribution >= 0.6 is 11.3 Å². The molecule has 1 aliphatic carbocycles. The highest BCUT2D eigenvalue weighted by atomic mass is 32.1. The summed E-state index contributed by atoms with van der Waals surface area (Å²) in [5.41, 5.74) is 3.89. The van der Waals surface area contributed by atoms with Crippen LogP contribution in [-0.2, 0) is 19.6 Å². The molecule has 7 nitrogen and oxygen atoms in total. The Bertz CT molecular complexity index is 1760. The van der Waals surface area contributed by atoms with E-state index in [1.165, 1.54) is 29.5 Å². The number of hydrogen-bond acceptors (Lipinski definition) is 7. The summed E-state index contributed by atoms with van der Waals surface area (Å²) in [6, 6.07) is 14.7. The average molecular weight is 560 g/mol. The van der Waals surface area contributed by atoms with Crippen molar-refractivity contribution in [2.75, 3.05) is 11.4 Å². The fourth-order valence-electron chi connectivity index (χ4n) is 5.17. The molecular weight excluding hydrogens is 536 g/mol. The van der Waals surface area contributed by atoms with E-state index in [0.29, 0.717) is 23.6 Å². The molecule has 10 heteroatoms. The van der Waals surface area contributed by atoms with Crippen LogP contribution in [0.25, 0.3) is 21.5 Å². The Hall–Kier alpha value is -4.31. The molecule has 1 aliphatic heterocycles. The van der Waals surface area contributed by atoms with Gasteiger partial charge >= 0.3 is 5.97 Å². The standard InChI is InChI=1S/C30H23F2N3O4S/c31-22-2-1-3-23(32)26(22)27-21(28(39-34-27)16-4-5-16)15-38-20-8-6-19-14-35(11-10-17(19)12-20)30-33-24-9-7-18(29(36)37)13-25(24)40-30/h1-3,6-9,12-13,16H,4-5,10-11,14-15H2,(H,36,37). The quantitative estimate of drug-likeness (QED) is 0.231. The molecule has 3 heterocycles. The number of carbonyl (C=O) groups is 1. The first-order valence-electron chi connectivity index (χ1n) is 13.0. The molecule has 40 heavy (non-hydrogen) atoms. The molecule has 0 bridgehead atoms. The van der Waals surface area contributed by atoms with Crippen molar-refractivity contribution in [3.05, 3.63) is 94.2 Å². The van der Waals surface area contributed by atoms with E-state index in [4.69, 9.17) is 14.2 Å². The molecular formula is C30H23F2N3O4S. The van der Waals surface area contributed by atoms with Gasteiger partial charge in [-0.1, -0.05) is 28.6 Å². The zero-order valence-electron chi connectivity index (χ0n) is 21.2. The zero-order valence-corrected chi connectivity index (χ0v) is 22.0. The second-order valence-corrected chi connectivity index (χ2v) is 11.1. The van der Waals surface area contributed by atoms with Crippen molar-refractivity contribution in [1.29, 1.82) is 0 Å². The first kappa shape index (κ1) is 24.7. The van der Waals surface area contributed by atoms with Crippen LogP contribution in [0.4, 0.5) is 13.9 Å². The monoisotopic (exact) mass is 559 g/mol. The number of carboxylic acids is 1. The summed E-state index contributed by atoms with van der Waals surface area (Å²) < 4.78 is 41.7. The Morgan fingerprint density at radius 1 is 1.10 bits per heavy atom. The maximum Gasteiger partial charge on any atom is 0.335 e. The minimum absolute atomic E-state index is 0.0907. The second-order valence-electron chi connectivity index (χ2n) is 10.1. The number of fused-ring (bicyclic) bond motifs is 2. The van der Waals surface area contributed by atoms with Gasteiger partial charge in [0.25, 0.3) is 0 Å². The predicted octanol–water partition coefficient (Wildman–Crippen LogP) is 6.95. The van der Waals surface area contributed by atoms with E-state index < -0.39 is 17.6 Å². The van der Waals surface area contributed by atoms with E-state index in [1.54, 1.807) is 18.2 Å². The van der Waals surface area contributed by atoms with Crippen LogP contribution < -0.4 is 9.64 Å². The summed E-state index contributed by atoms with van der Waals surface area (Å²) in [6.07, 6.45) is 2.69. The smallest absolute Gasteiger partial charge is 0.335 e. The summed E-state index contributed by atoms with van der Waals surface area (Å²) in [5.74, 6) is -0.835. The van der Waals surface area contributed by atoms with Gasteiger partial charge in [-0.05, 0) is 72.9 Å². The highest BCUT2D eigenvalue weighted by Crippen LogP contribution is 2.45. The van der Waals surface area contributed by atoms with Gasteiger partial charge < -0.3 is 19.3 Å². The van der Waals surface area contributed by atoms with E-state index in [1.807, 2.05) is 18.2 Å². The number of aromatic carboxylic acids is 1. The largest absolute Gasteiger partial charge is 0.489 e. The van der Waals surface area contributed by atoms with Gasteiger partial charge in [-0.2, -0.15) is 0 Å². The summed E-state index contributed by atoms with van der Waals surface area (Å²) >= 11 is 1.49. The van der Waals surface area contributed by atoms with Crippen molar-refractivity contribution >= 4 is 32.7 Å². The molecule has 3 aromatic carbocycles. The number of thiazole rings is 1. The number of ether oxygens (including phenoxy) is 1. The highest BCUT2D eigenvalue weighted by molar-refractivity contribution is 7.22. The van der Waals surface area contributed by atoms with Crippen LogP contribution in [0, 0.1) is 11.6 Å². The minimum atomic E-state index is -0.954. The number of rotatable bonds is 7. The SMILES string of the molecule is O=C(O)c1ccc2nc(N3CCc4cc(OCc5c(-c6c(F)cccc6F)noc5C5CC5)ccc4C3)sc2c1. The van der Waals surface area contributed by atoms with Gasteiger partial charge in [-0.15, -0.1) is 0 Å². The van der Waals surface area contributed by atoms with Crippen molar-refractivity contribution in [2.45, 2.75) is 38.3 Å². The zero-order chi connectivity index (χ0) is 27.4. The van der Waals surface area contributed by atoms with Gasteiger partial charge in [-0.25, -0.2) is 18.6 Å². The summed E-state index contributed by atoms with van der Waals surface area (Å²) in [6.45, 7) is 1.53. The number of anilines is 1. The Balaban J connectivity index is 1.10. The topological polar surface area (TPSA) is 88.7 Å². The third-order valence-corrected chi connectivity index (χ3v) is 8.51. The van der Waals surface area contributed by atoms with Crippen LogP contribution in [0.3, 0.4) is 0 Å². The first-order chi connectivity index (χ1) is 19.4. The van der Waals surface area contributed by atoms with Gasteiger partial charge in [0.1, 0.15) is 35.4 Å². The molecule has 0 amide bonds. The van der Waals surface area contributed by atoms with Gasteiger partial charge in [-0.3, -0.25) is 0 Å². The van der Waals surface area contributed by atoms with Crippen molar-refractivity contribution in [1.82, 2.24) is 10.1 Å². The van der Waals surface area contributed by atoms with E-state index in [0.717, 1.165) is 52.3 Å². The van der Waals surface area contributed by atoms with Crippen LogP contribution in [0.5, 0.6) is 5.75 Å².